The molecule has 4 aromatic rings. The number of hydrogen-bond donors (Lipinski definition) is 1. The maximum absolute atomic E-state index is 11.8. The van der Waals surface area contributed by atoms with E-state index in [1.165, 1.54) is 11.3 Å². The second-order valence-electron chi connectivity index (χ2n) is 6.21. The Bertz CT molecular complexity index is 972. The molecule has 0 fully saturated rings. The Balaban J connectivity index is 1.81. The SMILES string of the molecule is COc1ccc(-c2csc(C(O)(c3ccccc3)c3ccccc3)n2)cc1. The lowest BCUT2D eigenvalue weighted by molar-refractivity contribution is 0.125. The summed E-state index contributed by atoms with van der Waals surface area (Å²) in [4.78, 5) is 4.79. The monoisotopic (exact) mass is 373 g/mol. The third-order valence-corrected chi connectivity index (χ3v) is 5.53. The number of aromatic nitrogens is 1. The Labute approximate surface area is 162 Å². The molecular weight excluding hydrogens is 354 g/mol. The van der Waals surface area contributed by atoms with Gasteiger partial charge in [0.2, 0.25) is 0 Å². The number of benzene rings is 3. The van der Waals surface area contributed by atoms with E-state index in [-0.39, 0.29) is 0 Å². The van der Waals surface area contributed by atoms with E-state index >= 15 is 0 Å². The molecule has 0 amide bonds. The maximum Gasteiger partial charge on any atom is 0.166 e. The summed E-state index contributed by atoms with van der Waals surface area (Å²) in [5.41, 5.74) is 2.13. The minimum absolute atomic E-state index is 0.644. The first-order valence-electron chi connectivity index (χ1n) is 8.65. The molecule has 134 valence electrons. The van der Waals surface area contributed by atoms with Crippen LogP contribution in [0, 0.1) is 0 Å². The highest BCUT2D eigenvalue weighted by molar-refractivity contribution is 7.10. The summed E-state index contributed by atoms with van der Waals surface area (Å²) < 4.78 is 5.22. The van der Waals surface area contributed by atoms with Gasteiger partial charge < -0.3 is 9.84 Å². The van der Waals surface area contributed by atoms with Crippen molar-refractivity contribution in [2.75, 3.05) is 7.11 Å². The third-order valence-electron chi connectivity index (χ3n) is 4.58. The highest BCUT2D eigenvalue weighted by Crippen LogP contribution is 2.39. The van der Waals surface area contributed by atoms with Crippen LogP contribution in [-0.4, -0.2) is 17.2 Å². The first-order chi connectivity index (χ1) is 13.2. The van der Waals surface area contributed by atoms with Crippen LogP contribution in [-0.2, 0) is 5.60 Å². The summed E-state index contributed by atoms with van der Waals surface area (Å²) in [6.45, 7) is 0. The van der Waals surface area contributed by atoms with Crippen LogP contribution in [0.25, 0.3) is 11.3 Å². The third kappa shape index (κ3) is 3.25. The molecule has 0 spiro atoms. The molecule has 1 aromatic heterocycles. The molecule has 4 rings (SSSR count). The van der Waals surface area contributed by atoms with Crippen LogP contribution in [0.5, 0.6) is 5.75 Å². The number of thiazole rings is 1. The van der Waals surface area contributed by atoms with Crippen molar-refractivity contribution >= 4 is 11.3 Å². The quantitative estimate of drug-likeness (QED) is 0.529. The van der Waals surface area contributed by atoms with E-state index in [9.17, 15) is 5.11 Å². The second-order valence-corrected chi connectivity index (χ2v) is 7.07. The molecule has 0 unspecified atom stereocenters. The fourth-order valence-corrected chi connectivity index (χ4v) is 4.08. The molecule has 0 aliphatic heterocycles. The van der Waals surface area contributed by atoms with Gasteiger partial charge >= 0.3 is 0 Å². The normalized spacial score (nSPS) is 11.3. The fraction of sp³-hybridized carbons (Fsp3) is 0.0870. The van der Waals surface area contributed by atoms with Gasteiger partial charge in [-0.2, -0.15) is 0 Å². The van der Waals surface area contributed by atoms with E-state index in [1.54, 1.807) is 7.11 Å². The Hall–Kier alpha value is -2.95. The largest absolute Gasteiger partial charge is 0.497 e. The van der Waals surface area contributed by atoms with Crippen molar-refractivity contribution in [3.8, 4) is 17.0 Å². The van der Waals surface area contributed by atoms with E-state index in [2.05, 4.69) is 0 Å². The molecule has 4 heteroatoms. The summed E-state index contributed by atoms with van der Waals surface area (Å²) in [6.07, 6.45) is 0. The van der Waals surface area contributed by atoms with Crippen LogP contribution < -0.4 is 4.74 Å². The average Bonchev–Trinajstić information content (AvgIpc) is 3.25. The van der Waals surface area contributed by atoms with Gasteiger partial charge in [0.25, 0.3) is 0 Å². The van der Waals surface area contributed by atoms with Crippen molar-refractivity contribution in [3.05, 3.63) is 106 Å². The molecular formula is C23H19NO2S. The molecule has 0 aliphatic rings. The van der Waals surface area contributed by atoms with Crippen molar-refractivity contribution in [1.82, 2.24) is 4.98 Å². The van der Waals surface area contributed by atoms with Crippen molar-refractivity contribution in [2.24, 2.45) is 0 Å². The Morgan fingerprint density at radius 3 is 1.89 bits per heavy atom. The van der Waals surface area contributed by atoms with Crippen LogP contribution in [0.2, 0.25) is 0 Å². The lowest BCUT2D eigenvalue weighted by atomic mass is 9.87. The number of rotatable bonds is 5. The zero-order chi connectivity index (χ0) is 18.7. The predicted molar refractivity (Wildman–Crippen MR) is 109 cm³/mol. The van der Waals surface area contributed by atoms with E-state index in [0.717, 1.165) is 28.1 Å². The molecule has 0 aliphatic carbocycles. The van der Waals surface area contributed by atoms with Crippen molar-refractivity contribution in [2.45, 2.75) is 5.60 Å². The molecule has 0 saturated heterocycles. The highest BCUT2D eigenvalue weighted by Gasteiger charge is 2.36. The van der Waals surface area contributed by atoms with E-state index in [1.807, 2.05) is 90.3 Å². The topological polar surface area (TPSA) is 42.4 Å². The van der Waals surface area contributed by atoms with E-state index < -0.39 is 5.60 Å². The van der Waals surface area contributed by atoms with Crippen LogP contribution >= 0.6 is 11.3 Å². The van der Waals surface area contributed by atoms with Gasteiger partial charge in [0, 0.05) is 10.9 Å². The zero-order valence-electron chi connectivity index (χ0n) is 14.9. The van der Waals surface area contributed by atoms with Crippen molar-refractivity contribution in [3.63, 3.8) is 0 Å². The summed E-state index contributed by atoms with van der Waals surface area (Å²) in [7, 11) is 1.65. The minimum atomic E-state index is -1.29. The van der Waals surface area contributed by atoms with Gasteiger partial charge in [-0.1, -0.05) is 60.7 Å². The lowest BCUT2D eigenvalue weighted by Gasteiger charge is -2.27. The molecule has 27 heavy (non-hydrogen) atoms. The number of methoxy groups -OCH3 is 1. The average molecular weight is 373 g/mol. The number of aliphatic hydroxyl groups is 1. The van der Waals surface area contributed by atoms with Crippen molar-refractivity contribution in [1.29, 1.82) is 0 Å². The van der Waals surface area contributed by atoms with Crippen molar-refractivity contribution < 1.29 is 9.84 Å². The van der Waals surface area contributed by atoms with E-state index in [0.29, 0.717) is 5.01 Å². The number of nitrogens with zero attached hydrogens (tertiary/aromatic N) is 1. The molecule has 0 bridgehead atoms. The van der Waals surface area contributed by atoms with Gasteiger partial charge in [-0.15, -0.1) is 11.3 Å². The van der Waals surface area contributed by atoms with Gasteiger partial charge in [-0.3, -0.25) is 0 Å². The molecule has 0 atom stereocenters. The van der Waals surface area contributed by atoms with Gasteiger partial charge in [0.05, 0.1) is 12.8 Å². The summed E-state index contributed by atoms with van der Waals surface area (Å²) in [5, 5.41) is 14.4. The first-order valence-corrected chi connectivity index (χ1v) is 9.53. The van der Waals surface area contributed by atoms with Crippen LogP contribution in [0.15, 0.2) is 90.3 Å². The van der Waals surface area contributed by atoms with Crippen LogP contribution in [0.3, 0.4) is 0 Å². The molecule has 0 saturated carbocycles. The maximum atomic E-state index is 11.8. The molecule has 3 nitrogen and oxygen atoms in total. The van der Waals surface area contributed by atoms with Gasteiger partial charge in [0.15, 0.2) is 5.60 Å². The smallest absolute Gasteiger partial charge is 0.166 e. The fourth-order valence-electron chi connectivity index (χ4n) is 3.11. The molecule has 1 heterocycles. The summed E-state index contributed by atoms with van der Waals surface area (Å²) in [6, 6.07) is 27.1. The first kappa shape index (κ1) is 17.5. The second kappa shape index (κ2) is 7.35. The molecule has 1 N–H and O–H groups in total. The summed E-state index contributed by atoms with van der Waals surface area (Å²) >= 11 is 1.46. The Morgan fingerprint density at radius 1 is 0.815 bits per heavy atom. The molecule has 3 aromatic carbocycles. The Morgan fingerprint density at radius 2 is 1.37 bits per heavy atom. The summed E-state index contributed by atoms with van der Waals surface area (Å²) in [5.74, 6) is 0.805. The van der Waals surface area contributed by atoms with Crippen LogP contribution in [0.4, 0.5) is 0 Å². The lowest BCUT2D eigenvalue weighted by Crippen LogP contribution is -2.28. The number of ether oxygens (including phenoxy) is 1. The van der Waals surface area contributed by atoms with Gasteiger partial charge in [0.1, 0.15) is 10.8 Å². The predicted octanol–water partition coefficient (Wildman–Crippen LogP) is 5.10. The zero-order valence-corrected chi connectivity index (χ0v) is 15.7. The Kier molecular flexibility index (Phi) is 4.75. The van der Waals surface area contributed by atoms with Gasteiger partial charge in [-0.05, 0) is 35.4 Å². The molecule has 0 radical (unpaired) electrons. The standard InChI is InChI=1S/C23H19NO2S/c1-26-20-14-12-17(13-15-20)21-16-27-22(24-21)23(25,18-8-4-2-5-9-18)19-10-6-3-7-11-19/h2-16,25H,1H3. The highest BCUT2D eigenvalue weighted by atomic mass is 32.1. The van der Waals surface area contributed by atoms with Crippen LogP contribution in [0.1, 0.15) is 16.1 Å². The number of hydrogen-bond acceptors (Lipinski definition) is 4. The minimum Gasteiger partial charge on any atom is -0.497 e. The van der Waals surface area contributed by atoms with Gasteiger partial charge in [-0.25, -0.2) is 4.98 Å². The van der Waals surface area contributed by atoms with E-state index in [4.69, 9.17) is 9.72 Å².